The van der Waals surface area contributed by atoms with Crippen LogP contribution in [0, 0.1) is 12.3 Å². The van der Waals surface area contributed by atoms with Crippen molar-refractivity contribution >= 4 is 23.2 Å². The molecule has 0 unspecified atom stereocenters. The minimum atomic E-state index is -1.08. The van der Waals surface area contributed by atoms with Crippen molar-refractivity contribution in [2.45, 2.75) is 19.3 Å². The highest BCUT2D eigenvalue weighted by molar-refractivity contribution is 7.09. The number of thiazole rings is 1. The molecule has 0 radical (unpaired) electrons. The predicted molar refractivity (Wildman–Crippen MR) is 91.9 cm³/mol. The highest BCUT2D eigenvalue weighted by Crippen LogP contribution is 2.49. The average molecular weight is 358 g/mol. The van der Waals surface area contributed by atoms with Gasteiger partial charge >= 0.3 is 5.97 Å². The lowest BCUT2D eigenvalue weighted by Gasteiger charge is -2.35. The lowest BCUT2D eigenvalue weighted by molar-refractivity contribution is -0.152. The Morgan fingerprint density at radius 1 is 1.44 bits per heavy atom. The Balaban J connectivity index is 1.62. The Morgan fingerprint density at radius 3 is 2.96 bits per heavy atom. The van der Waals surface area contributed by atoms with Crippen molar-refractivity contribution in [1.82, 2.24) is 9.88 Å². The number of aromatic nitrogens is 1. The summed E-state index contributed by atoms with van der Waals surface area (Å²) in [5.74, 6) is -0.533. The second kappa shape index (κ2) is 5.84. The number of amides is 1. The summed E-state index contributed by atoms with van der Waals surface area (Å²) in [6, 6.07) is 7.50. The van der Waals surface area contributed by atoms with Crippen LogP contribution in [0.25, 0.3) is 0 Å². The summed E-state index contributed by atoms with van der Waals surface area (Å²) in [5.41, 5.74) is 0.529. The van der Waals surface area contributed by atoms with E-state index < -0.39 is 11.4 Å². The van der Waals surface area contributed by atoms with E-state index in [1.54, 1.807) is 4.90 Å². The topological polar surface area (TPSA) is 79.7 Å². The fourth-order valence-electron chi connectivity index (χ4n) is 3.78. The average Bonchev–Trinajstić information content (AvgIpc) is 3.19. The highest BCUT2D eigenvalue weighted by atomic mass is 32.1. The first-order valence-corrected chi connectivity index (χ1v) is 9.01. The molecule has 0 spiro atoms. The fraction of sp³-hybridized carbons (Fsp3) is 0.389. The number of carbonyl (C=O) groups excluding carboxylic acids is 1. The third kappa shape index (κ3) is 2.59. The molecule has 1 fully saturated rings. The molecule has 1 N–H and O–H groups in total. The van der Waals surface area contributed by atoms with E-state index in [-0.39, 0.29) is 31.4 Å². The summed E-state index contributed by atoms with van der Waals surface area (Å²) in [7, 11) is 0. The van der Waals surface area contributed by atoms with Crippen LogP contribution in [-0.4, -0.2) is 46.6 Å². The van der Waals surface area contributed by atoms with Crippen LogP contribution < -0.4 is 4.74 Å². The van der Waals surface area contributed by atoms with Gasteiger partial charge in [-0.3, -0.25) is 9.59 Å². The molecule has 1 amide bonds. The number of hydrogen-bond acceptors (Lipinski definition) is 5. The number of aliphatic carboxylic acids is 1. The molecule has 0 aliphatic carbocycles. The van der Waals surface area contributed by atoms with E-state index in [1.807, 2.05) is 36.6 Å². The first-order valence-electron chi connectivity index (χ1n) is 8.13. The number of carbonyl (C=O) groups is 2. The molecule has 2 aromatic rings. The van der Waals surface area contributed by atoms with Crippen LogP contribution in [-0.2, 0) is 16.0 Å². The first-order chi connectivity index (χ1) is 12.0. The fourth-order valence-corrected chi connectivity index (χ4v) is 4.40. The molecule has 0 bridgehead atoms. The van der Waals surface area contributed by atoms with Gasteiger partial charge in [-0.25, -0.2) is 4.98 Å². The van der Waals surface area contributed by atoms with Crippen LogP contribution in [0.4, 0.5) is 0 Å². The first kappa shape index (κ1) is 16.1. The van der Waals surface area contributed by atoms with Gasteiger partial charge in [0.2, 0.25) is 5.91 Å². The van der Waals surface area contributed by atoms with Crippen LogP contribution in [0.1, 0.15) is 22.2 Å². The van der Waals surface area contributed by atoms with E-state index in [9.17, 15) is 14.7 Å². The van der Waals surface area contributed by atoms with Gasteiger partial charge in [-0.05, 0) is 13.0 Å². The van der Waals surface area contributed by atoms with Gasteiger partial charge in [-0.2, -0.15) is 0 Å². The number of carboxylic acid groups (broad SMARTS) is 1. The summed E-state index contributed by atoms with van der Waals surface area (Å²) in [6.07, 6.45) is 0.204. The van der Waals surface area contributed by atoms with Gasteiger partial charge in [0.05, 0.1) is 17.1 Å². The molecule has 7 heteroatoms. The smallest absolute Gasteiger partial charge is 0.315 e. The number of likely N-dealkylation sites (tertiary alicyclic amines) is 1. The second-order valence-electron chi connectivity index (χ2n) is 6.65. The van der Waals surface area contributed by atoms with Crippen LogP contribution >= 0.6 is 11.3 Å². The van der Waals surface area contributed by atoms with E-state index in [4.69, 9.17) is 4.74 Å². The Labute approximate surface area is 149 Å². The van der Waals surface area contributed by atoms with E-state index >= 15 is 0 Å². The zero-order chi connectivity index (χ0) is 17.6. The maximum absolute atomic E-state index is 12.7. The summed E-state index contributed by atoms with van der Waals surface area (Å²) >= 11 is 1.51. The van der Waals surface area contributed by atoms with Crippen molar-refractivity contribution in [3.63, 3.8) is 0 Å². The predicted octanol–water partition coefficient (Wildman–Crippen LogP) is 2.08. The number of rotatable bonds is 3. The Kier molecular flexibility index (Phi) is 3.76. The maximum atomic E-state index is 12.7. The maximum Gasteiger partial charge on any atom is 0.315 e. The minimum absolute atomic E-state index is 0.0854. The number of carboxylic acids is 1. The molecule has 2 aliphatic heterocycles. The van der Waals surface area contributed by atoms with Crippen LogP contribution in [0.15, 0.2) is 29.6 Å². The summed E-state index contributed by atoms with van der Waals surface area (Å²) in [4.78, 5) is 30.8. The minimum Gasteiger partial charge on any atom is -0.492 e. The summed E-state index contributed by atoms with van der Waals surface area (Å²) < 4.78 is 5.72. The number of para-hydroxylation sites is 1. The van der Waals surface area contributed by atoms with E-state index in [2.05, 4.69) is 4.98 Å². The zero-order valence-electron chi connectivity index (χ0n) is 13.8. The van der Waals surface area contributed by atoms with Crippen molar-refractivity contribution in [2.24, 2.45) is 5.41 Å². The van der Waals surface area contributed by atoms with E-state index in [0.29, 0.717) is 12.3 Å². The molecule has 2 aliphatic rings. The molecule has 2 atom stereocenters. The molecular formula is C18H18N2O4S. The van der Waals surface area contributed by atoms with E-state index in [0.717, 1.165) is 16.3 Å². The second-order valence-corrected chi connectivity index (χ2v) is 7.71. The third-order valence-electron chi connectivity index (χ3n) is 5.10. The number of benzene rings is 1. The van der Waals surface area contributed by atoms with Crippen molar-refractivity contribution in [2.75, 3.05) is 19.7 Å². The molecule has 1 aromatic heterocycles. The lowest BCUT2D eigenvalue weighted by Crippen LogP contribution is -2.46. The third-order valence-corrected chi connectivity index (χ3v) is 5.92. The van der Waals surface area contributed by atoms with Crippen molar-refractivity contribution in [3.8, 4) is 5.75 Å². The number of fused-ring (bicyclic) bond motifs is 3. The van der Waals surface area contributed by atoms with E-state index in [1.165, 1.54) is 11.3 Å². The normalized spacial score (nSPS) is 24.4. The lowest BCUT2D eigenvalue weighted by atomic mass is 9.73. The van der Waals surface area contributed by atoms with Gasteiger partial charge in [0.15, 0.2) is 0 Å². The summed E-state index contributed by atoms with van der Waals surface area (Å²) in [6.45, 7) is 2.55. The van der Waals surface area contributed by atoms with Crippen LogP contribution in [0.3, 0.4) is 0 Å². The van der Waals surface area contributed by atoms with Gasteiger partial charge in [0.1, 0.15) is 17.8 Å². The Hall–Kier alpha value is -2.41. The molecule has 1 saturated heterocycles. The van der Waals surface area contributed by atoms with Gasteiger partial charge in [-0.15, -0.1) is 11.3 Å². The van der Waals surface area contributed by atoms with Gasteiger partial charge < -0.3 is 14.7 Å². The molecule has 4 rings (SSSR count). The number of aryl methyl sites for hydroxylation is 1. The SMILES string of the molecule is Cc1nc(CC(=O)N2C[C@@H]3c4ccccc4OC[C@]3(C(=O)O)C2)cs1. The molecule has 1 aromatic carbocycles. The molecule has 130 valence electrons. The van der Waals surface area contributed by atoms with Gasteiger partial charge in [0, 0.05) is 30.0 Å². The van der Waals surface area contributed by atoms with Crippen molar-refractivity contribution in [3.05, 3.63) is 45.9 Å². The highest BCUT2D eigenvalue weighted by Gasteiger charge is 2.57. The van der Waals surface area contributed by atoms with Gasteiger partial charge in [-0.1, -0.05) is 18.2 Å². The summed E-state index contributed by atoms with van der Waals surface area (Å²) in [5, 5.41) is 12.7. The van der Waals surface area contributed by atoms with Crippen molar-refractivity contribution < 1.29 is 19.4 Å². The zero-order valence-corrected chi connectivity index (χ0v) is 14.6. The number of ether oxygens (including phenoxy) is 1. The van der Waals surface area contributed by atoms with Crippen LogP contribution in [0.5, 0.6) is 5.75 Å². The van der Waals surface area contributed by atoms with Gasteiger partial charge in [0.25, 0.3) is 0 Å². The number of nitrogens with zero attached hydrogens (tertiary/aromatic N) is 2. The number of hydrogen-bond donors (Lipinski definition) is 1. The molecule has 0 saturated carbocycles. The molecule has 3 heterocycles. The monoisotopic (exact) mass is 358 g/mol. The molecular weight excluding hydrogens is 340 g/mol. The standard InChI is InChI=1S/C18H18N2O4S/c1-11-19-12(8-25-11)6-16(21)20-7-14-13-4-2-3-5-15(13)24-10-18(14,9-20)17(22)23/h2-5,8,14H,6-7,9-10H2,1H3,(H,22,23)/t14-,18-/m1/s1. The van der Waals surface area contributed by atoms with Crippen LogP contribution in [0.2, 0.25) is 0 Å². The Bertz CT molecular complexity index is 849. The quantitative estimate of drug-likeness (QED) is 0.909. The van der Waals surface area contributed by atoms with Crippen molar-refractivity contribution in [1.29, 1.82) is 0 Å². The Morgan fingerprint density at radius 2 is 2.24 bits per heavy atom. The molecule has 6 nitrogen and oxygen atoms in total. The molecule has 25 heavy (non-hydrogen) atoms. The largest absolute Gasteiger partial charge is 0.492 e.